The molecule has 0 aromatic heterocycles. The summed E-state index contributed by atoms with van der Waals surface area (Å²) in [5.41, 5.74) is 0. The number of rotatable bonds is 4. The standard InChI is InChI=1S/C6H9NO2S/c1-2-9-4-3-6(8)7-5-10/h2-4H2,1H3. The molecule has 0 aliphatic rings. The largest absolute Gasteiger partial charge is 0.381 e. The van der Waals surface area contributed by atoms with Gasteiger partial charge in [0.2, 0.25) is 0 Å². The topological polar surface area (TPSA) is 38.7 Å². The van der Waals surface area contributed by atoms with Crippen molar-refractivity contribution in [1.82, 2.24) is 0 Å². The molecule has 0 aromatic rings. The first-order valence-electron chi connectivity index (χ1n) is 2.99. The van der Waals surface area contributed by atoms with Gasteiger partial charge in [-0.1, -0.05) is 0 Å². The van der Waals surface area contributed by atoms with E-state index in [-0.39, 0.29) is 12.3 Å². The Bertz CT molecular complexity index is 152. The summed E-state index contributed by atoms with van der Waals surface area (Å²) in [6.45, 7) is 2.90. The molecule has 0 atom stereocenters. The van der Waals surface area contributed by atoms with Gasteiger partial charge in [0.1, 0.15) is 0 Å². The summed E-state index contributed by atoms with van der Waals surface area (Å²) in [5.74, 6) is -0.275. The van der Waals surface area contributed by atoms with Gasteiger partial charge >= 0.3 is 0 Å². The third kappa shape index (κ3) is 5.56. The zero-order chi connectivity index (χ0) is 7.82. The number of aliphatic imine (C=N–C) groups is 1. The Labute approximate surface area is 65.1 Å². The number of nitrogens with zero attached hydrogens (tertiary/aromatic N) is 1. The van der Waals surface area contributed by atoms with Crippen LogP contribution in [0, 0.1) is 0 Å². The van der Waals surface area contributed by atoms with Crippen LogP contribution in [0.5, 0.6) is 0 Å². The summed E-state index contributed by atoms with van der Waals surface area (Å²) < 4.78 is 4.91. The third-order valence-electron chi connectivity index (χ3n) is 0.835. The second-order valence-electron chi connectivity index (χ2n) is 1.54. The van der Waals surface area contributed by atoms with Crippen LogP contribution in [-0.2, 0) is 9.53 Å². The minimum Gasteiger partial charge on any atom is -0.381 e. The average molecular weight is 159 g/mol. The van der Waals surface area contributed by atoms with Crippen molar-refractivity contribution in [2.75, 3.05) is 13.2 Å². The van der Waals surface area contributed by atoms with E-state index in [1.807, 2.05) is 12.1 Å². The molecule has 0 fully saturated rings. The lowest BCUT2D eigenvalue weighted by molar-refractivity contribution is -0.118. The van der Waals surface area contributed by atoms with Crippen LogP contribution in [-0.4, -0.2) is 24.3 Å². The summed E-state index contributed by atoms with van der Waals surface area (Å²) in [5, 5.41) is 2.00. The average Bonchev–Trinajstić information content (AvgIpc) is 1.89. The maximum atomic E-state index is 10.5. The second-order valence-corrected chi connectivity index (χ2v) is 1.73. The number of hydrogen-bond donors (Lipinski definition) is 0. The van der Waals surface area contributed by atoms with Crippen molar-refractivity contribution in [2.45, 2.75) is 13.3 Å². The van der Waals surface area contributed by atoms with Gasteiger partial charge in [-0.05, 0) is 19.1 Å². The van der Waals surface area contributed by atoms with Gasteiger partial charge in [-0.3, -0.25) is 4.79 Å². The van der Waals surface area contributed by atoms with E-state index in [9.17, 15) is 4.79 Å². The first-order chi connectivity index (χ1) is 4.81. The van der Waals surface area contributed by atoms with Crippen molar-refractivity contribution < 1.29 is 9.53 Å². The molecule has 0 radical (unpaired) electrons. The molecule has 0 aromatic carbocycles. The number of carbonyl (C=O) groups is 1. The number of ether oxygens (including phenoxy) is 1. The molecule has 0 rings (SSSR count). The molecule has 0 saturated heterocycles. The van der Waals surface area contributed by atoms with E-state index in [0.29, 0.717) is 13.2 Å². The second kappa shape index (κ2) is 6.55. The molecular weight excluding hydrogens is 150 g/mol. The predicted octanol–water partition coefficient (Wildman–Crippen LogP) is 1.04. The zero-order valence-electron chi connectivity index (χ0n) is 5.79. The van der Waals surface area contributed by atoms with Crippen molar-refractivity contribution in [2.24, 2.45) is 4.99 Å². The molecule has 10 heavy (non-hydrogen) atoms. The highest BCUT2D eigenvalue weighted by atomic mass is 32.1. The highest BCUT2D eigenvalue weighted by molar-refractivity contribution is 7.78. The van der Waals surface area contributed by atoms with Crippen LogP contribution in [0.4, 0.5) is 0 Å². The van der Waals surface area contributed by atoms with Crippen molar-refractivity contribution >= 4 is 23.3 Å². The maximum absolute atomic E-state index is 10.5. The van der Waals surface area contributed by atoms with E-state index in [1.165, 1.54) is 0 Å². The molecule has 0 bridgehead atoms. The van der Waals surface area contributed by atoms with Crippen LogP contribution in [0.2, 0.25) is 0 Å². The van der Waals surface area contributed by atoms with Crippen LogP contribution >= 0.6 is 12.2 Å². The quantitative estimate of drug-likeness (QED) is 0.349. The van der Waals surface area contributed by atoms with Gasteiger partial charge in [0.25, 0.3) is 5.91 Å². The van der Waals surface area contributed by atoms with Crippen molar-refractivity contribution in [1.29, 1.82) is 0 Å². The van der Waals surface area contributed by atoms with Crippen LogP contribution in [0.15, 0.2) is 4.99 Å². The van der Waals surface area contributed by atoms with Gasteiger partial charge in [0.15, 0.2) is 0 Å². The monoisotopic (exact) mass is 159 g/mol. The smallest absolute Gasteiger partial charge is 0.256 e. The van der Waals surface area contributed by atoms with E-state index >= 15 is 0 Å². The SMILES string of the molecule is CCOCCC(=O)N=C=S. The van der Waals surface area contributed by atoms with Gasteiger partial charge in [0.05, 0.1) is 18.2 Å². The summed E-state index contributed by atoms with van der Waals surface area (Å²) in [6, 6.07) is 0. The Hall–Kier alpha value is -0.570. The highest BCUT2D eigenvalue weighted by Gasteiger charge is 1.95. The molecule has 4 heteroatoms. The lowest BCUT2D eigenvalue weighted by atomic mass is 10.4. The molecule has 0 aliphatic carbocycles. The summed E-state index contributed by atoms with van der Waals surface area (Å²) in [7, 11) is 0. The van der Waals surface area contributed by atoms with Crippen molar-refractivity contribution in [3.05, 3.63) is 0 Å². The van der Waals surface area contributed by atoms with Crippen LogP contribution < -0.4 is 0 Å². The summed E-state index contributed by atoms with van der Waals surface area (Å²) in [4.78, 5) is 13.8. The normalized spacial score (nSPS) is 8.50. The molecule has 0 heterocycles. The minimum atomic E-state index is -0.275. The lowest BCUT2D eigenvalue weighted by Crippen LogP contribution is -2.00. The first kappa shape index (κ1) is 9.43. The molecular formula is C6H9NO2S. The molecule has 0 N–H and O–H groups in total. The van der Waals surface area contributed by atoms with Crippen LogP contribution in [0.1, 0.15) is 13.3 Å². The number of thiocarbonyl (C=S) groups is 1. The predicted molar refractivity (Wildman–Crippen MR) is 41.1 cm³/mol. The van der Waals surface area contributed by atoms with E-state index in [1.54, 1.807) is 0 Å². The molecule has 1 amide bonds. The number of carbonyl (C=O) groups excluding carboxylic acids is 1. The fourth-order valence-corrected chi connectivity index (χ4v) is 0.512. The Morgan fingerprint density at radius 2 is 2.50 bits per heavy atom. The van der Waals surface area contributed by atoms with Gasteiger partial charge in [-0.15, -0.1) is 0 Å². The zero-order valence-corrected chi connectivity index (χ0v) is 6.61. The van der Waals surface area contributed by atoms with E-state index in [2.05, 4.69) is 17.2 Å². The molecule has 0 unspecified atom stereocenters. The fourth-order valence-electron chi connectivity index (χ4n) is 0.411. The van der Waals surface area contributed by atoms with Crippen molar-refractivity contribution in [3.63, 3.8) is 0 Å². The van der Waals surface area contributed by atoms with Gasteiger partial charge in [0, 0.05) is 6.61 Å². The Balaban J connectivity index is 3.31. The number of isothiocyanates is 1. The van der Waals surface area contributed by atoms with Crippen molar-refractivity contribution in [3.8, 4) is 0 Å². The minimum absolute atomic E-state index is 0.275. The Morgan fingerprint density at radius 1 is 1.80 bits per heavy atom. The van der Waals surface area contributed by atoms with Crippen LogP contribution in [0.25, 0.3) is 0 Å². The van der Waals surface area contributed by atoms with E-state index in [0.717, 1.165) is 0 Å². The molecule has 0 saturated carbocycles. The van der Waals surface area contributed by atoms with E-state index in [4.69, 9.17) is 4.74 Å². The number of hydrogen-bond acceptors (Lipinski definition) is 3. The van der Waals surface area contributed by atoms with Gasteiger partial charge in [-0.2, -0.15) is 4.99 Å². The molecule has 0 aliphatic heterocycles. The summed E-state index contributed by atoms with van der Waals surface area (Å²) in [6.07, 6.45) is 0.289. The molecule has 56 valence electrons. The van der Waals surface area contributed by atoms with Gasteiger partial charge in [-0.25, -0.2) is 0 Å². The Morgan fingerprint density at radius 3 is 3.00 bits per heavy atom. The first-order valence-corrected chi connectivity index (χ1v) is 3.40. The Kier molecular flexibility index (Phi) is 6.18. The van der Waals surface area contributed by atoms with E-state index < -0.39 is 0 Å². The number of amides is 1. The molecule has 0 spiro atoms. The third-order valence-corrected chi connectivity index (χ3v) is 0.926. The van der Waals surface area contributed by atoms with Gasteiger partial charge < -0.3 is 4.74 Å². The highest BCUT2D eigenvalue weighted by Crippen LogP contribution is 1.85. The maximum Gasteiger partial charge on any atom is 0.256 e. The van der Waals surface area contributed by atoms with Crippen LogP contribution in [0.3, 0.4) is 0 Å². The molecule has 3 nitrogen and oxygen atoms in total. The fraction of sp³-hybridized carbons (Fsp3) is 0.667. The lowest BCUT2D eigenvalue weighted by Gasteiger charge is -1.94. The summed E-state index contributed by atoms with van der Waals surface area (Å²) >= 11 is 4.23.